The molecule has 2 atom stereocenters. The van der Waals surface area contributed by atoms with Gasteiger partial charge in [-0.1, -0.05) is 6.92 Å². The second-order valence-corrected chi connectivity index (χ2v) is 4.31. The first kappa shape index (κ1) is 9.44. The highest BCUT2D eigenvalue weighted by atomic mass is 16.7. The Morgan fingerprint density at radius 2 is 1.85 bits per heavy atom. The lowest BCUT2D eigenvalue weighted by atomic mass is 9.98. The van der Waals surface area contributed by atoms with Crippen LogP contribution in [0.3, 0.4) is 0 Å². The molecule has 13 heavy (non-hydrogen) atoms. The van der Waals surface area contributed by atoms with E-state index in [-0.39, 0.29) is 5.79 Å². The van der Waals surface area contributed by atoms with Gasteiger partial charge in [-0.2, -0.15) is 0 Å². The maximum absolute atomic E-state index is 5.82. The summed E-state index contributed by atoms with van der Waals surface area (Å²) in [7, 11) is 2.14. The van der Waals surface area contributed by atoms with Crippen molar-refractivity contribution in [3.8, 4) is 0 Å². The lowest BCUT2D eigenvalue weighted by molar-refractivity contribution is -0.276. The van der Waals surface area contributed by atoms with Crippen LogP contribution in [-0.4, -0.2) is 43.5 Å². The molecule has 2 aliphatic rings. The predicted octanol–water partition coefficient (Wildman–Crippen LogP) is 1.09. The Bertz CT molecular complexity index is 189. The van der Waals surface area contributed by atoms with E-state index >= 15 is 0 Å². The monoisotopic (exact) mass is 185 g/mol. The minimum absolute atomic E-state index is 0.299. The molecule has 2 unspecified atom stereocenters. The van der Waals surface area contributed by atoms with Gasteiger partial charge in [0.25, 0.3) is 0 Å². The summed E-state index contributed by atoms with van der Waals surface area (Å²) in [4.78, 5) is 2.32. The summed E-state index contributed by atoms with van der Waals surface area (Å²) >= 11 is 0. The number of nitrogens with zero attached hydrogens (tertiary/aromatic N) is 1. The van der Waals surface area contributed by atoms with Crippen molar-refractivity contribution in [2.24, 2.45) is 5.92 Å². The van der Waals surface area contributed by atoms with Crippen molar-refractivity contribution < 1.29 is 9.47 Å². The molecule has 3 nitrogen and oxygen atoms in total. The van der Waals surface area contributed by atoms with Crippen molar-refractivity contribution in [2.75, 3.05) is 26.8 Å². The molecule has 2 saturated heterocycles. The first-order chi connectivity index (χ1) is 6.16. The molecule has 2 fully saturated rings. The summed E-state index contributed by atoms with van der Waals surface area (Å²) in [6.45, 7) is 7.07. The zero-order valence-corrected chi connectivity index (χ0v) is 8.75. The maximum atomic E-state index is 5.82. The largest absolute Gasteiger partial charge is 0.348 e. The van der Waals surface area contributed by atoms with Crippen LogP contribution in [0.1, 0.15) is 20.3 Å². The van der Waals surface area contributed by atoms with Crippen molar-refractivity contribution in [1.29, 1.82) is 0 Å². The summed E-state index contributed by atoms with van der Waals surface area (Å²) in [5.41, 5.74) is 0. The molecular weight excluding hydrogens is 166 g/mol. The van der Waals surface area contributed by atoms with Gasteiger partial charge in [-0.3, -0.25) is 4.90 Å². The third kappa shape index (κ3) is 1.39. The number of likely N-dealkylation sites (N-methyl/N-ethyl adjacent to an activating group) is 1. The quantitative estimate of drug-likeness (QED) is 0.564. The fraction of sp³-hybridized carbons (Fsp3) is 1.00. The maximum Gasteiger partial charge on any atom is 0.184 e. The zero-order chi connectivity index (χ0) is 9.47. The minimum Gasteiger partial charge on any atom is -0.348 e. The van der Waals surface area contributed by atoms with E-state index in [9.17, 15) is 0 Å². The van der Waals surface area contributed by atoms with E-state index in [1.807, 2.05) is 0 Å². The first-order valence-corrected chi connectivity index (χ1v) is 5.14. The summed E-state index contributed by atoms with van der Waals surface area (Å²) < 4.78 is 11.6. The van der Waals surface area contributed by atoms with E-state index in [0.717, 1.165) is 26.2 Å². The van der Waals surface area contributed by atoms with Gasteiger partial charge in [0.15, 0.2) is 5.79 Å². The third-order valence-corrected chi connectivity index (χ3v) is 3.56. The average Bonchev–Trinajstić information content (AvgIpc) is 2.33. The number of ether oxygens (including phenoxy) is 2. The number of hydrogen-bond donors (Lipinski definition) is 0. The third-order valence-electron chi connectivity index (χ3n) is 3.56. The predicted molar refractivity (Wildman–Crippen MR) is 50.5 cm³/mol. The van der Waals surface area contributed by atoms with Crippen LogP contribution in [0.4, 0.5) is 0 Å². The summed E-state index contributed by atoms with van der Waals surface area (Å²) in [6.07, 6.45) is 1.03. The second kappa shape index (κ2) is 3.23. The lowest BCUT2D eigenvalue weighted by Gasteiger charge is -2.37. The lowest BCUT2D eigenvalue weighted by Crippen LogP contribution is -2.46. The first-order valence-electron chi connectivity index (χ1n) is 5.14. The van der Waals surface area contributed by atoms with Crippen LogP contribution in [0, 0.1) is 5.92 Å². The van der Waals surface area contributed by atoms with Gasteiger partial charge >= 0.3 is 0 Å². The number of likely N-dealkylation sites (tertiary alicyclic amines) is 1. The molecule has 1 spiro atoms. The molecular formula is C10H19NO2. The van der Waals surface area contributed by atoms with Crippen LogP contribution >= 0.6 is 0 Å². The summed E-state index contributed by atoms with van der Waals surface area (Å²) in [5, 5.41) is 0. The summed E-state index contributed by atoms with van der Waals surface area (Å²) in [5.74, 6) is 0.171. The Labute approximate surface area is 80.0 Å². The van der Waals surface area contributed by atoms with Gasteiger partial charge in [-0.05, 0) is 20.4 Å². The topological polar surface area (TPSA) is 21.7 Å². The van der Waals surface area contributed by atoms with Crippen molar-refractivity contribution in [3.63, 3.8) is 0 Å². The average molecular weight is 185 g/mol. The molecule has 0 N–H and O–H groups in total. The second-order valence-electron chi connectivity index (χ2n) is 4.31. The van der Waals surface area contributed by atoms with Gasteiger partial charge in [0.1, 0.15) is 0 Å². The Hall–Kier alpha value is -0.120. The van der Waals surface area contributed by atoms with E-state index in [1.54, 1.807) is 0 Å². The smallest absolute Gasteiger partial charge is 0.184 e. The Balaban J connectivity index is 2.13. The van der Waals surface area contributed by atoms with Crippen LogP contribution in [0.15, 0.2) is 0 Å². The van der Waals surface area contributed by atoms with Crippen molar-refractivity contribution in [2.45, 2.75) is 32.1 Å². The zero-order valence-electron chi connectivity index (χ0n) is 8.75. The van der Waals surface area contributed by atoms with E-state index in [1.165, 1.54) is 0 Å². The highest BCUT2D eigenvalue weighted by molar-refractivity contribution is 4.95. The van der Waals surface area contributed by atoms with E-state index in [2.05, 4.69) is 25.8 Å². The number of hydrogen-bond acceptors (Lipinski definition) is 3. The molecule has 0 radical (unpaired) electrons. The SMILES string of the molecule is CC1C(C)C2(CN1C)OCCCO2. The van der Waals surface area contributed by atoms with E-state index in [0.29, 0.717) is 12.0 Å². The van der Waals surface area contributed by atoms with Crippen LogP contribution in [0.2, 0.25) is 0 Å². The fourth-order valence-electron chi connectivity index (χ4n) is 2.33. The highest BCUT2D eigenvalue weighted by Gasteiger charge is 2.50. The Morgan fingerprint density at radius 3 is 2.31 bits per heavy atom. The van der Waals surface area contributed by atoms with Gasteiger partial charge in [-0.25, -0.2) is 0 Å². The summed E-state index contributed by atoms with van der Waals surface area (Å²) in [6, 6.07) is 0.554. The minimum atomic E-state index is -0.299. The van der Waals surface area contributed by atoms with Crippen molar-refractivity contribution in [3.05, 3.63) is 0 Å². The van der Waals surface area contributed by atoms with Crippen molar-refractivity contribution >= 4 is 0 Å². The van der Waals surface area contributed by atoms with Gasteiger partial charge < -0.3 is 9.47 Å². The van der Waals surface area contributed by atoms with Gasteiger partial charge in [-0.15, -0.1) is 0 Å². The molecule has 3 heteroatoms. The van der Waals surface area contributed by atoms with Gasteiger partial charge in [0.2, 0.25) is 0 Å². The van der Waals surface area contributed by atoms with Crippen LogP contribution in [0.25, 0.3) is 0 Å². The van der Waals surface area contributed by atoms with Crippen LogP contribution in [-0.2, 0) is 9.47 Å². The van der Waals surface area contributed by atoms with E-state index < -0.39 is 0 Å². The van der Waals surface area contributed by atoms with Crippen molar-refractivity contribution in [1.82, 2.24) is 4.90 Å². The number of rotatable bonds is 0. The normalized spacial score (nSPS) is 39.9. The molecule has 2 rings (SSSR count). The molecule has 76 valence electrons. The fourth-order valence-corrected chi connectivity index (χ4v) is 2.33. The standard InChI is InChI=1S/C10H19NO2/c1-8-9(2)11(3)7-10(8)12-5-4-6-13-10/h8-9H,4-7H2,1-3H3. The van der Waals surface area contributed by atoms with Crippen LogP contribution < -0.4 is 0 Å². The molecule has 0 aromatic rings. The van der Waals surface area contributed by atoms with Gasteiger partial charge in [0, 0.05) is 12.0 Å². The molecule has 0 bridgehead atoms. The molecule has 2 aliphatic heterocycles. The molecule has 0 saturated carbocycles. The van der Waals surface area contributed by atoms with E-state index in [4.69, 9.17) is 9.47 Å². The molecule has 0 aromatic heterocycles. The Morgan fingerprint density at radius 1 is 1.23 bits per heavy atom. The molecule has 0 amide bonds. The molecule has 0 aliphatic carbocycles. The van der Waals surface area contributed by atoms with Gasteiger partial charge in [0.05, 0.1) is 19.8 Å². The Kier molecular flexibility index (Phi) is 2.34. The highest BCUT2D eigenvalue weighted by Crippen LogP contribution is 2.37. The molecule has 0 aromatic carbocycles. The molecule has 2 heterocycles. The van der Waals surface area contributed by atoms with Crippen LogP contribution in [0.5, 0.6) is 0 Å².